The minimum Gasteiger partial charge on any atom is -0.309 e. The van der Waals surface area contributed by atoms with Crippen LogP contribution in [0.4, 0.5) is 0 Å². The molecule has 0 saturated carbocycles. The first-order chi connectivity index (χ1) is 13.4. The molecular formula is C20H25N3O3S2. The van der Waals surface area contributed by atoms with Crippen LogP contribution < -0.4 is 0 Å². The molecule has 1 fully saturated rings. The lowest BCUT2D eigenvalue weighted by Gasteiger charge is -2.16. The van der Waals surface area contributed by atoms with Gasteiger partial charge in [-0.2, -0.15) is 0 Å². The fraction of sp³-hybridized carbons (Fsp3) is 0.550. The number of carbonyl (C=O) groups is 1. The van der Waals surface area contributed by atoms with Crippen LogP contribution in [0, 0.1) is 5.92 Å². The van der Waals surface area contributed by atoms with Gasteiger partial charge in [-0.3, -0.25) is 4.79 Å². The van der Waals surface area contributed by atoms with E-state index in [0.29, 0.717) is 23.8 Å². The molecule has 0 radical (unpaired) electrons. The molecule has 2 aromatic rings. The lowest BCUT2D eigenvalue weighted by molar-refractivity contribution is 0.102. The molecule has 1 saturated heterocycles. The maximum absolute atomic E-state index is 12.6. The normalized spacial score (nSPS) is 20.8. The van der Waals surface area contributed by atoms with Gasteiger partial charge in [0.2, 0.25) is 0 Å². The molecule has 0 N–H and O–H groups in total. The summed E-state index contributed by atoms with van der Waals surface area (Å²) in [4.78, 5) is 12.6. The van der Waals surface area contributed by atoms with E-state index in [0.717, 1.165) is 24.2 Å². The number of benzene rings is 1. The molecule has 0 unspecified atom stereocenters. The Kier molecular flexibility index (Phi) is 5.60. The molecule has 2 aliphatic rings. The maximum Gasteiger partial charge on any atom is 0.191 e. The molecular weight excluding hydrogens is 394 g/mol. The van der Waals surface area contributed by atoms with Crippen molar-refractivity contribution in [1.29, 1.82) is 0 Å². The first-order valence-electron chi connectivity index (χ1n) is 9.78. The lowest BCUT2D eigenvalue weighted by Crippen LogP contribution is -2.11. The van der Waals surface area contributed by atoms with E-state index < -0.39 is 9.84 Å². The molecule has 28 heavy (non-hydrogen) atoms. The number of hydrogen-bond donors (Lipinski definition) is 0. The van der Waals surface area contributed by atoms with E-state index in [1.807, 2.05) is 17.7 Å². The highest BCUT2D eigenvalue weighted by Crippen LogP contribution is 2.25. The smallest absolute Gasteiger partial charge is 0.191 e. The Bertz CT molecular complexity index is 998. The molecule has 0 bridgehead atoms. The lowest BCUT2D eigenvalue weighted by atomic mass is 9.90. The summed E-state index contributed by atoms with van der Waals surface area (Å²) in [5.74, 6) is 1.83. The zero-order chi connectivity index (χ0) is 19.7. The van der Waals surface area contributed by atoms with Gasteiger partial charge in [-0.15, -0.1) is 10.2 Å². The Morgan fingerprint density at radius 3 is 2.75 bits per heavy atom. The van der Waals surface area contributed by atoms with E-state index >= 15 is 0 Å². The third-order valence-electron chi connectivity index (χ3n) is 5.73. The SMILES string of the molecule is Cn1c(C[C@H]2CCS(=O)(=O)C2)nnc1SCC(=O)c1ccc2c(c1)CCCC2. The van der Waals surface area contributed by atoms with Gasteiger partial charge in [0, 0.05) is 19.0 Å². The number of fused-ring (bicyclic) bond motifs is 1. The van der Waals surface area contributed by atoms with E-state index in [9.17, 15) is 13.2 Å². The largest absolute Gasteiger partial charge is 0.309 e. The highest BCUT2D eigenvalue weighted by Gasteiger charge is 2.29. The molecule has 1 aliphatic heterocycles. The zero-order valence-electron chi connectivity index (χ0n) is 16.1. The predicted octanol–water partition coefficient (Wildman–Crippen LogP) is 2.65. The van der Waals surface area contributed by atoms with Crippen LogP contribution in [0.2, 0.25) is 0 Å². The van der Waals surface area contributed by atoms with E-state index in [1.165, 1.54) is 35.7 Å². The minimum absolute atomic E-state index is 0.102. The number of rotatable bonds is 6. The molecule has 0 amide bonds. The third kappa shape index (κ3) is 4.33. The van der Waals surface area contributed by atoms with Gasteiger partial charge in [0.1, 0.15) is 5.82 Å². The minimum atomic E-state index is -2.89. The van der Waals surface area contributed by atoms with E-state index in [1.54, 1.807) is 0 Å². The number of aryl methyl sites for hydroxylation is 2. The Labute approximate surface area is 170 Å². The summed E-state index contributed by atoms with van der Waals surface area (Å²) >= 11 is 1.39. The van der Waals surface area contributed by atoms with Crippen LogP contribution in [0.5, 0.6) is 0 Å². The standard InChI is InChI=1S/C20H25N3O3S2/c1-23-19(10-14-8-9-28(25,26)13-14)21-22-20(23)27-12-18(24)17-7-6-15-4-2-3-5-16(15)11-17/h6-7,11,14H,2-5,8-10,12-13H2,1H3/t14-/m1/s1. The highest BCUT2D eigenvalue weighted by molar-refractivity contribution is 7.99. The fourth-order valence-corrected chi connectivity index (χ4v) is 6.75. The fourth-order valence-electron chi connectivity index (χ4n) is 4.06. The van der Waals surface area contributed by atoms with Crippen LogP contribution in [-0.4, -0.2) is 46.2 Å². The number of sulfone groups is 1. The number of hydrogen-bond acceptors (Lipinski definition) is 6. The number of Topliss-reactive ketones (excluding diaryl/α,β-unsaturated/α-hetero) is 1. The third-order valence-corrected chi connectivity index (χ3v) is 8.58. The van der Waals surface area contributed by atoms with Gasteiger partial charge in [-0.05, 0) is 55.2 Å². The van der Waals surface area contributed by atoms with Crippen molar-refractivity contribution in [2.24, 2.45) is 13.0 Å². The van der Waals surface area contributed by atoms with Gasteiger partial charge in [-0.25, -0.2) is 8.42 Å². The van der Waals surface area contributed by atoms with E-state index in [4.69, 9.17) is 0 Å². The van der Waals surface area contributed by atoms with Crippen LogP contribution >= 0.6 is 11.8 Å². The van der Waals surface area contributed by atoms with Crippen molar-refractivity contribution in [3.05, 3.63) is 40.7 Å². The first-order valence-corrected chi connectivity index (χ1v) is 12.6. The van der Waals surface area contributed by atoms with Crippen molar-refractivity contribution in [2.75, 3.05) is 17.3 Å². The summed E-state index contributed by atoms with van der Waals surface area (Å²) in [7, 11) is -1.01. The van der Waals surface area contributed by atoms with Gasteiger partial charge in [0.05, 0.1) is 17.3 Å². The zero-order valence-corrected chi connectivity index (χ0v) is 17.7. The molecule has 1 atom stereocenters. The quantitative estimate of drug-likeness (QED) is 0.529. The van der Waals surface area contributed by atoms with E-state index in [2.05, 4.69) is 22.3 Å². The Balaban J connectivity index is 1.37. The van der Waals surface area contributed by atoms with Gasteiger partial charge in [-0.1, -0.05) is 23.9 Å². The number of aromatic nitrogens is 3. The van der Waals surface area contributed by atoms with Gasteiger partial charge in [0.15, 0.2) is 20.8 Å². The van der Waals surface area contributed by atoms with Crippen molar-refractivity contribution < 1.29 is 13.2 Å². The molecule has 4 rings (SSSR count). The number of nitrogens with zero attached hydrogens (tertiary/aromatic N) is 3. The van der Waals surface area contributed by atoms with Gasteiger partial charge >= 0.3 is 0 Å². The molecule has 0 spiro atoms. The second-order valence-electron chi connectivity index (χ2n) is 7.83. The Morgan fingerprint density at radius 2 is 2.00 bits per heavy atom. The highest BCUT2D eigenvalue weighted by atomic mass is 32.2. The molecule has 1 aromatic carbocycles. The summed E-state index contributed by atoms with van der Waals surface area (Å²) in [6.45, 7) is 0. The van der Waals surface area contributed by atoms with Crippen molar-refractivity contribution in [1.82, 2.24) is 14.8 Å². The Hall–Kier alpha value is -1.67. The monoisotopic (exact) mass is 419 g/mol. The van der Waals surface area contributed by atoms with Crippen LogP contribution in [0.25, 0.3) is 0 Å². The second kappa shape index (κ2) is 7.99. The van der Waals surface area contributed by atoms with Gasteiger partial charge in [0.25, 0.3) is 0 Å². The summed E-state index contributed by atoms with van der Waals surface area (Å²) in [5.41, 5.74) is 3.46. The molecule has 1 aliphatic carbocycles. The van der Waals surface area contributed by atoms with Gasteiger partial charge < -0.3 is 4.57 Å². The van der Waals surface area contributed by atoms with Crippen LogP contribution in [0.3, 0.4) is 0 Å². The van der Waals surface area contributed by atoms with Crippen molar-refractivity contribution >= 4 is 27.4 Å². The summed E-state index contributed by atoms with van der Waals surface area (Å²) < 4.78 is 25.2. The number of carbonyl (C=O) groups excluding carboxylic acids is 1. The summed E-state index contributed by atoms with van der Waals surface area (Å²) in [5, 5.41) is 9.12. The first kappa shape index (κ1) is 19.6. The molecule has 2 heterocycles. The summed E-state index contributed by atoms with van der Waals surface area (Å²) in [6.07, 6.45) is 5.91. The molecule has 8 heteroatoms. The van der Waals surface area contributed by atoms with Crippen molar-refractivity contribution in [3.8, 4) is 0 Å². The average Bonchev–Trinajstić information content (AvgIpc) is 3.21. The molecule has 6 nitrogen and oxygen atoms in total. The number of thioether (sulfide) groups is 1. The van der Waals surface area contributed by atoms with Crippen LogP contribution in [0.1, 0.15) is 46.6 Å². The van der Waals surface area contributed by atoms with E-state index in [-0.39, 0.29) is 23.2 Å². The van der Waals surface area contributed by atoms with Crippen molar-refractivity contribution in [3.63, 3.8) is 0 Å². The molecule has 150 valence electrons. The summed E-state index contributed by atoms with van der Waals surface area (Å²) in [6, 6.07) is 6.10. The maximum atomic E-state index is 12.6. The van der Waals surface area contributed by atoms with Crippen LogP contribution in [-0.2, 0) is 36.1 Å². The predicted molar refractivity (Wildman–Crippen MR) is 110 cm³/mol. The second-order valence-corrected chi connectivity index (χ2v) is 11.0. The van der Waals surface area contributed by atoms with Crippen molar-refractivity contribution in [2.45, 2.75) is 43.7 Å². The molecule has 1 aromatic heterocycles. The Morgan fingerprint density at radius 1 is 1.21 bits per heavy atom. The number of ketones is 1. The average molecular weight is 420 g/mol. The van der Waals surface area contributed by atoms with Crippen LogP contribution in [0.15, 0.2) is 23.4 Å². The topological polar surface area (TPSA) is 81.9 Å².